The molecule has 148 valence electrons. The van der Waals surface area contributed by atoms with E-state index in [2.05, 4.69) is 5.32 Å². The van der Waals surface area contributed by atoms with Crippen LogP contribution in [0.25, 0.3) is 0 Å². The number of sulfonamides is 1. The van der Waals surface area contributed by atoms with E-state index in [0.29, 0.717) is 18.8 Å². The summed E-state index contributed by atoms with van der Waals surface area (Å²) in [6, 6.07) is 12.3. The van der Waals surface area contributed by atoms with Crippen LogP contribution < -0.4 is 5.32 Å². The Morgan fingerprint density at radius 1 is 1.18 bits per heavy atom. The molecule has 0 aliphatic heterocycles. The standard InChI is InChI=1S/C19H22N4O4S/c1-4-22(5-2)28(26,27)18-9-6-15(7-10-18)14(3)21-19-11-8-17(23(24)25)12-16(19)13-20/h6-12,14,21H,4-5H2,1-3H3/t14-/m1/s1. The molecule has 2 aromatic rings. The summed E-state index contributed by atoms with van der Waals surface area (Å²) < 4.78 is 26.5. The molecule has 0 saturated carbocycles. The number of hydrogen-bond acceptors (Lipinski definition) is 6. The Hall–Kier alpha value is -2.96. The van der Waals surface area contributed by atoms with Crippen molar-refractivity contribution >= 4 is 21.4 Å². The SMILES string of the molecule is CCN(CC)S(=O)(=O)c1ccc([C@@H](C)Nc2ccc([N+](=O)[O-])cc2C#N)cc1. The second-order valence-electron chi connectivity index (χ2n) is 6.12. The average Bonchev–Trinajstić information content (AvgIpc) is 2.68. The van der Waals surface area contributed by atoms with Crippen molar-refractivity contribution in [2.45, 2.75) is 31.7 Å². The first kappa shape index (κ1) is 21.3. The molecule has 8 nitrogen and oxygen atoms in total. The van der Waals surface area contributed by atoms with Crippen molar-refractivity contribution in [1.29, 1.82) is 5.26 Å². The molecule has 0 saturated heterocycles. The quantitative estimate of drug-likeness (QED) is 0.532. The first-order valence-corrected chi connectivity index (χ1v) is 10.2. The van der Waals surface area contributed by atoms with Crippen LogP contribution >= 0.6 is 0 Å². The Bertz CT molecular complexity index is 994. The molecule has 0 bridgehead atoms. The average molecular weight is 402 g/mol. The maximum atomic E-state index is 12.6. The highest BCUT2D eigenvalue weighted by Crippen LogP contribution is 2.26. The summed E-state index contributed by atoms with van der Waals surface area (Å²) in [5.41, 5.74) is 1.31. The predicted molar refractivity (Wildman–Crippen MR) is 106 cm³/mol. The molecule has 0 fully saturated rings. The predicted octanol–water partition coefficient (Wildman–Crippen LogP) is 3.67. The molecule has 0 aliphatic carbocycles. The zero-order valence-electron chi connectivity index (χ0n) is 15.9. The first-order valence-electron chi connectivity index (χ1n) is 8.79. The zero-order valence-corrected chi connectivity index (χ0v) is 16.7. The molecule has 2 aromatic carbocycles. The maximum absolute atomic E-state index is 12.6. The molecule has 0 radical (unpaired) electrons. The van der Waals surface area contributed by atoms with Gasteiger partial charge in [0.05, 0.1) is 21.1 Å². The highest BCUT2D eigenvalue weighted by Gasteiger charge is 2.21. The molecule has 1 N–H and O–H groups in total. The van der Waals surface area contributed by atoms with Gasteiger partial charge in [0.2, 0.25) is 10.0 Å². The summed E-state index contributed by atoms with van der Waals surface area (Å²) in [6.07, 6.45) is 0. The van der Waals surface area contributed by atoms with Crippen molar-refractivity contribution in [2.24, 2.45) is 0 Å². The van der Waals surface area contributed by atoms with Gasteiger partial charge in [-0.05, 0) is 30.7 Å². The van der Waals surface area contributed by atoms with E-state index >= 15 is 0 Å². The molecule has 0 unspecified atom stereocenters. The number of nitro groups is 1. The van der Waals surface area contributed by atoms with Crippen LogP contribution in [0.15, 0.2) is 47.4 Å². The van der Waals surface area contributed by atoms with Crippen LogP contribution in [-0.2, 0) is 10.0 Å². The summed E-state index contributed by atoms with van der Waals surface area (Å²) in [5.74, 6) is 0. The Balaban J connectivity index is 2.24. The van der Waals surface area contributed by atoms with Crippen molar-refractivity contribution in [3.05, 3.63) is 63.7 Å². The van der Waals surface area contributed by atoms with Gasteiger partial charge in [0.1, 0.15) is 6.07 Å². The molecule has 2 rings (SSSR count). The van der Waals surface area contributed by atoms with E-state index in [1.807, 2.05) is 13.0 Å². The number of benzene rings is 2. The Morgan fingerprint density at radius 2 is 1.79 bits per heavy atom. The minimum atomic E-state index is -3.52. The molecule has 1 atom stereocenters. The summed E-state index contributed by atoms with van der Waals surface area (Å²) in [7, 11) is -3.52. The van der Waals surface area contributed by atoms with Crippen LogP contribution in [0.4, 0.5) is 11.4 Å². The van der Waals surface area contributed by atoms with Crippen molar-refractivity contribution < 1.29 is 13.3 Å². The largest absolute Gasteiger partial charge is 0.377 e. The van der Waals surface area contributed by atoms with Gasteiger partial charge in [0.25, 0.3) is 5.69 Å². The van der Waals surface area contributed by atoms with Gasteiger partial charge in [0.15, 0.2) is 0 Å². The number of nitro benzene ring substituents is 1. The lowest BCUT2D eigenvalue weighted by Gasteiger charge is -2.20. The molecule has 9 heteroatoms. The van der Waals surface area contributed by atoms with Crippen molar-refractivity contribution in [3.63, 3.8) is 0 Å². The number of non-ortho nitro benzene ring substituents is 1. The van der Waals surface area contributed by atoms with Gasteiger partial charge in [0, 0.05) is 31.3 Å². The molecule has 0 spiro atoms. The zero-order chi connectivity index (χ0) is 20.9. The van der Waals surface area contributed by atoms with Gasteiger partial charge in [-0.3, -0.25) is 10.1 Å². The third-order valence-electron chi connectivity index (χ3n) is 4.43. The molecule has 0 aliphatic rings. The third kappa shape index (κ3) is 4.47. The monoisotopic (exact) mass is 402 g/mol. The van der Waals surface area contributed by atoms with Crippen molar-refractivity contribution in [1.82, 2.24) is 4.31 Å². The van der Waals surface area contributed by atoms with Gasteiger partial charge >= 0.3 is 0 Å². The van der Waals surface area contributed by atoms with E-state index in [0.717, 1.165) is 5.56 Å². The second-order valence-corrected chi connectivity index (χ2v) is 8.06. The van der Waals surface area contributed by atoms with Crippen LogP contribution in [0.1, 0.15) is 37.9 Å². The smallest absolute Gasteiger partial charge is 0.270 e. The lowest BCUT2D eigenvalue weighted by atomic mass is 10.1. The van der Waals surface area contributed by atoms with E-state index in [4.69, 9.17) is 0 Å². The van der Waals surface area contributed by atoms with Crippen LogP contribution in [0.3, 0.4) is 0 Å². The minimum Gasteiger partial charge on any atom is -0.377 e. The van der Waals surface area contributed by atoms with Gasteiger partial charge in [-0.15, -0.1) is 0 Å². The number of hydrogen-bond donors (Lipinski definition) is 1. The van der Waals surface area contributed by atoms with Gasteiger partial charge in [-0.2, -0.15) is 9.57 Å². The number of rotatable bonds is 8. The Kier molecular flexibility index (Phi) is 6.72. The number of nitrogens with zero attached hydrogens (tertiary/aromatic N) is 3. The van der Waals surface area contributed by atoms with E-state index in [1.165, 1.54) is 22.5 Å². The van der Waals surface area contributed by atoms with Gasteiger partial charge in [-0.1, -0.05) is 26.0 Å². The fraction of sp³-hybridized carbons (Fsp3) is 0.316. The summed E-state index contributed by atoms with van der Waals surface area (Å²) in [4.78, 5) is 10.5. The molecule has 28 heavy (non-hydrogen) atoms. The van der Waals surface area contributed by atoms with Crippen LogP contribution in [0.5, 0.6) is 0 Å². The molecule has 0 aromatic heterocycles. The Labute approximate surface area is 164 Å². The molecule has 0 amide bonds. The van der Waals surface area contributed by atoms with Crippen LogP contribution in [-0.4, -0.2) is 30.7 Å². The summed E-state index contributed by atoms with van der Waals surface area (Å²) >= 11 is 0. The van der Waals surface area contributed by atoms with E-state index < -0.39 is 14.9 Å². The topological polar surface area (TPSA) is 116 Å². The van der Waals surface area contributed by atoms with Crippen molar-refractivity contribution in [3.8, 4) is 6.07 Å². The van der Waals surface area contributed by atoms with E-state index in [9.17, 15) is 23.8 Å². The van der Waals surface area contributed by atoms with Crippen LogP contribution in [0, 0.1) is 21.4 Å². The molecular formula is C19H22N4O4S. The first-order chi connectivity index (χ1) is 13.2. The normalized spacial score (nSPS) is 12.4. The van der Waals surface area contributed by atoms with Gasteiger partial charge < -0.3 is 5.32 Å². The molecule has 0 heterocycles. The lowest BCUT2D eigenvalue weighted by molar-refractivity contribution is -0.384. The van der Waals surface area contributed by atoms with Gasteiger partial charge in [-0.25, -0.2) is 8.42 Å². The lowest BCUT2D eigenvalue weighted by Crippen LogP contribution is -2.30. The fourth-order valence-corrected chi connectivity index (χ4v) is 4.28. The van der Waals surface area contributed by atoms with Crippen LogP contribution in [0.2, 0.25) is 0 Å². The minimum absolute atomic E-state index is 0.152. The number of nitrogens with one attached hydrogen (secondary N) is 1. The van der Waals surface area contributed by atoms with Crippen molar-refractivity contribution in [2.75, 3.05) is 18.4 Å². The highest BCUT2D eigenvalue weighted by molar-refractivity contribution is 7.89. The Morgan fingerprint density at radius 3 is 2.29 bits per heavy atom. The highest BCUT2D eigenvalue weighted by atomic mass is 32.2. The summed E-state index contributed by atoms with van der Waals surface area (Å²) in [5, 5.41) is 23.2. The number of nitriles is 1. The second kappa shape index (κ2) is 8.82. The van der Waals surface area contributed by atoms with E-state index in [-0.39, 0.29) is 22.2 Å². The maximum Gasteiger partial charge on any atom is 0.270 e. The number of anilines is 1. The van der Waals surface area contributed by atoms with E-state index in [1.54, 1.807) is 38.1 Å². The fourth-order valence-electron chi connectivity index (χ4n) is 2.82. The molecular weight excluding hydrogens is 380 g/mol. The third-order valence-corrected chi connectivity index (χ3v) is 6.49. The summed E-state index contributed by atoms with van der Waals surface area (Å²) in [6.45, 7) is 6.23.